The maximum Gasteiger partial charge on any atom is 0.196 e. The molecule has 4 atom stereocenters. The molecule has 198 valence electrons. The maximum atomic E-state index is 14.3. The number of Topliss-reactive ketones (excluding diaryl/α,β-unsaturated/α-hetero) is 3. The zero-order valence-corrected chi connectivity index (χ0v) is 22.9. The quantitative estimate of drug-likeness (QED) is 0.125. The molecule has 5 nitrogen and oxygen atoms in total. The first kappa shape index (κ1) is 28.4. The van der Waals surface area contributed by atoms with Crippen LogP contribution < -0.4 is 0 Å². The van der Waals surface area contributed by atoms with E-state index in [-0.39, 0.29) is 34.5 Å². The van der Waals surface area contributed by atoms with Crippen LogP contribution in [0.5, 0.6) is 11.5 Å². The van der Waals surface area contributed by atoms with Crippen molar-refractivity contribution in [3.63, 3.8) is 0 Å². The largest absolute Gasteiger partial charge is 0.504 e. The van der Waals surface area contributed by atoms with Crippen LogP contribution in [0.2, 0.25) is 0 Å². The third-order valence-corrected chi connectivity index (χ3v) is 7.43. The molecule has 0 spiro atoms. The minimum atomic E-state index is -1.40. The number of allylic oxidation sites excluding steroid dienone is 8. The van der Waals surface area contributed by atoms with Gasteiger partial charge in [0.05, 0.1) is 5.57 Å². The van der Waals surface area contributed by atoms with Gasteiger partial charge >= 0.3 is 0 Å². The lowest BCUT2D eigenvalue weighted by Crippen LogP contribution is -2.57. The smallest absolute Gasteiger partial charge is 0.196 e. The minimum absolute atomic E-state index is 0.00410. The lowest BCUT2D eigenvalue weighted by Gasteiger charge is -2.49. The Hall–Kier alpha value is -3.21. The number of phenolic OH excluding ortho intramolecular Hbond substituents is 2. The predicted octanol–water partition coefficient (Wildman–Crippen LogP) is 6.91. The van der Waals surface area contributed by atoms with Gasteiger partial charge < -0.3 is 10.2 Å². The number of carbonyl (C=O) groups is 3. The van der Waals surface area contributed by atoms with E-state index in [1.807, 2.05) is 33.8 Å². The van der Waals surface area contributed by atoms with Gasteiger partial charge in [0.2, 0.25) is 0 Å². The Balaban J connectivity index is 2.15. The summed E-state index contributed by atoms with van der Waals surface area (Å²) in [5.74, 6) is -2.12. The molecule has 1 saturated carbocycles. The van der Waals surface area contributed by atoms with Gasteiger partial charge in [0.1, 0.15) is 5.41 Å². The molecule has 2 N–H and O–H groups in total. The van der Waals surface area contributed by atoms with Crippen LogP contribution in [0.25, 0.3) is 0 Å². The molecule has 0 unspecified atom stereocenters. The molecule has 2 bridgehead atoms. The number of aromatic hydroxyl groups is 2. The van der Waals surface area contributed by atoms with Gasteiger partial charge in [0, 0.05) is 11.5 Å². The standard InChI is InChI=1S/C32H40O5/c1-19(2)9-7-11-22-15-24-16-25(29(35)23-13-14-27(33)28(34)17-23)31(37)32(30(24)36,18-21(5)6)26(22)12-8-10-20(3)4/h7,9-10,13-14,16-19,22,24,26,33-34H,8,11-12,15H2,1-6H3/b9-7+/t22-,24+,26-,32+/m1/s1. The molecule has 2 aliphatic carbocycles. The van der Waals surface area contributed by atoms with Crippen LogP contribution in [0.15, 0.2) is 65.3 Å². The molecule has 0 aliphatic heterocycles. The number of hydrogen-bond acceptors (Lipinski definition) is 5. The summed E-state index contributed by atoms with van der Waals surface area (Å²) >= 11 is 0. The summed E-state index contributed by atoms with van der Waals surface area (Å²) in [6.07, 6.45) is 12.6. The van der Waals surface area contributed by atoms with Gasteiger partial charge in [-0.25, -0.2) is 0 Å². The van der Waals surface area contributed by atoms with Gasteiger partial charge in [-0.05, 0) is 89.3 Å². The molecule has 3 rings (SSSR count). The first-order chi connectivity index (χ1) is 17.4. The highest BCUT2D eigenvalue weighted by molar-refractivity contribution is 6.34. The van der Waals surface area contributed by atoms with Gasteiger partial charge in [0.25, 0.3) is 0 Å². The Morgan fingerprint density at radius 3 is 2.38 bits per heavy atom. The van der Waals surface area contributed by atoms with E-state index in [9.17, 15) is 24.6 Å². The first-order valence-corrected chi connectivity index (χ1v) is 13.2. The van der Waals surface area contributed by atoms with Crippen molar-refractivity contribution in [1.82, 2.24) is 0 Å². The van der Waals surface area contributed by atoms with Crippen molar-refractivity contribution in [3.05, 3.63) is 70.9 Å². The molecule has 1 aromatic rings. The second-order valence-electron chi connectivity index (χ2n) is 11.4. The fourth-order valence-corrected chi connectivity index (χ4v) is 5.88. The summed E-state index contributed by atoms with van der Waals surface area (Å²) in [5.41, 5.74) is 0.752. The van der Waals surface area contributed by atoms with Crippen LogP contribution in [0.1, 0.15) is 77.6 Å². The highest BCUT2D eigenvalue weighted by atomic mass is 16.3. The lowest BCUT2D eigenvalue weighted by molar-refractivity contribution is -0.148. The maximum absolute atomic E-state index is 14.3. The van der Waals surface area contributed by atoms with E-state index < -0.39 is 28.6 Å². The second kappa shape index (κ2) is 11.5. The third-order valence-electron chi connectivity index (χ3n) is 7.43. The first-order valence-electron chi connectivity index (χ1n) is 13.2. The zero-order chi connectivity index (χ0) is 27.5. The Labute approximate surface area is 220 Å². The molecular formula is C32H40O5. The summed E-state index contributed by atoms with van der Waals surface area (Å²) in [6.45, 7) is 12.1. The summed E-state index contributed by atoms with van der Waals surface area (Å²) in [4.78, 5) is 41.8. The number of ketones is 3. The predicted molar refractivity (Wildman–Crippen MR) is 146 cm³/mol. The van der Waals surface area contributed by atoms with E-state index in [0.717, 1.165) is 24.5 Å². The average Bonchev–Trinajstić information content (AvgIpc) is 2.80. The van der Waals surface area contributed by atoms with Crippen LogP contribution in [-0.4, -0.2) is 27.6 Å². The summed E-state index contributed by atoms with van der Waals surface area (Å²) < 4.78 is 0. The van der Waals surface area contributed by atoms with Crippen molar-refractivity contribution in [2.45, 2.75) is 67.2 Å². The highest BCUT2D eigenvalue weighted by Gasteiger charge is 2.60. The SMILES string of the molecule is CC(C)=CCC[C@@H]1[C@H](C/C=C/C(C)C)C[C@H]2C=C(C(=O)c3ccc(O)c(O)c3)C(=O)[C@]1(C=C(C)C)C2=O. The zero-order valence-electron chi connectivity index (χ0n) is 22.9. The Kier molecular flexibility index (Phi) is 8.78. The number of benzene rings is 1. The molecule has 5 heteroatoms. The van der Waals surface area contributed by atoms with E-state index in [4.69, 9.17) is 0 Å². The molecule has 0 aromatic heterocycles. The van der Waals surface area contributed by atoms with E-state index in [0.29, 0.717) is 18.8 Å². The van der Waals surface area contributed by atoms with E-state index in [1.165, 1.54) is 17.7 Å². The van der Waals surface area contributed by atoms with Crippen molar-refractivity contribution in [2.75, 3.05) is 0 Å². The van der Waals surface area contributed by atoms with E-state index in [2.05, 4.69) is 32.1 Å². The fourth-order valence-electron chi connectivity index (χ4n) is 5.88. The summed E-state index contributed by atoms with van der Waals surface area (Å²) in [6, 6.07) is 3.78. The van der Waals surface area contributed by atoms with Crippen LogP contribution in [0.4, 0.5) is 0 Å². The number of fused-ring (bicyclic) bond motifs is 2. The topological polar surface area (TPSA) is 91.7 Å². The van der Waals surface area contributed by atoms with Crippen molar-refractivity contribution in [3.8, 4) is 11.5 Å². The molecule has 2 aliphatic rings. The van der Waals surface area contributed by atoms with Crippen molar-refractivity contribution >= 4 is 17.3 Å². The Morgan fingerprint density at radius 1 is 1.08 bits per heavy atom. The molecule has 1 aromatic carbocycles. The van der Waals surface area contributed by atoms with Gasteiger partial charge in [-0.2, -0.15) is 0 Å². The van der Waals surface area contributed by atoms with Crippen molar-refractivity contribution in [2.24, 2.45) is 29.1 Å². The van der Waals surface area contributed by atoms with Crippen molar-refractivity contribution < 1.29 is 24.6 Å². The van der Waals surface area contributed by atoms with Crippen LogP contribution in [0, 0.1) is 29.1 Å². The molecule has 1 fully saturated rings. The average molecular weight is 505 g/mol. The molecule has 0 heterocycles. The molecule has 0 radical (unpaired) electrons. The summed E-state index contributed by atoms with van der Waals surface area (Å²) in [5, 5.41) is 19.6. The van der Waals surface area contributed by atoms with Gasteiger partial charge in [0.15, 0.2) is 28.8 Å². The minimum Gasteiger partial charge on any atom is -0.504 e. The fraction of sp³-hybridized carbons (Fsp3) is 0.469. The number of rotatable bonds is 9. The Bertz CT molecular complexity index is 1190. The third kappa shape index (κ3) is 5.87. The van der Waals surface area contributed by atoms with Gasteiger partial charge in [-0.3, -0.25) is 14.4 Å². The molecule has 37 heavy (non-hydrogen) atoms. The normalized spacial score (nSPS) is 25.3. The monoisotopic (exact) mass is 504 g/mol. The molecule has 0 amide bonds. The van der Waals surface area contributed by atoms with Crippen LogP contribution >= 0.6 is 0 Å². The van der Waals surface area contributed by atoms with Crippen molar-refractivity contribution in [1.29, 1.82) is 0 Å². The van der Waals surface area contributed by atoms with Gasteiger partial charge in [-0.15, -0.1) is 0 Å². The number of carbonyl (C=O) groups excluding carboxylic acids is 3. The van der Waals surface area contributed by atoms with E-state index in [1.54, 1.807) is 6.08 Å². The van der Waals surface area contributed by atoms with Crippen LogP contribution in [-0.2, 0) is 9.59 Å². The number of hydrogen-bond donors (Lipinski definition) is 2. The molecular weight excluding hydrogens is 464 g/mol. The van der Waals surface area contributed by atoms with Gasteiger partial charge in [-0.1, -0.05) is 55.4 Å². The lowest BCUT2D eigenvalue weighted by atomic mass is 9.50. The summed E-state index contributed by atoms with van der Waals surface area (Å²) in [7, 11) is 0. The second-order valence-corrected chi connectivity index (χ2v) is 11.4. The van der Waals surface area contributed by atoms with E-state index >= 15 is 0 Å². The molecule has 0 saturated heterocycles. The van der Waals surface area contributed by atoms with Crippen LogP contribution in [0.3, 0.4) is 0 Å². The Morgan fingerprint density at radius 2 is 1.78 bits per heavy atom. The highest BCUT2D eigenvalue weighted by Crippen LogP contribution is 2.54. The number of phenols is 2.